The number of alkyl halides is 3. The van der Waals surface area contributed by atoms with Gasteiger partial charge in [0.25, 0.3) is 0 Å². The average Bonchev–Trinajstić information content (AvgIpc) is 2.83. The van der Waals surface area contributed by atoms with Gasteiger partial charge in [-0.05, 0) is 31.2 Å². The largest absolute Gasteiger partial charge is 0.436 e. The van der Waals surface area contributed by atoms with Gasteiger partial charge in [-0.2, -0.15) is 13.2 Å². The van der Waals surface area contributed by atoms with E-state index in [-0.39, 0.29) is 17.0 Å². The summed E-state index contributed by atoms with van der Waals surface area (Å²) in [6.45, 7) is 1.73. The third-order valence-corrected chi connectivity index (χ3v) is 3.13. The fraction of sp³-hybridized carbons (Fsp3) is 0.143. The van der Waals surface area contributed by atoms with Crippen LogP contribution in [0.1, 0.15) is 11.3 Å². The van der Waals surface area contributed by atoms with Crippen molar-refractivity contribution >= 4 is 16.8 Å². The maximum Gasteiger partial charge on any atom is 0.416 e. The second kappa shape index (κ2) is 4.47. The topological polar surface area (TPSA) is 64.9 Å². The predicted molar refractivity (Wildman–Crippen MR) is 71.4 cm³/mol. The summed E-state index contributed by atoms with van der Waals surface area (Å²) in [5.41, 5.74) is 7.02. The van der Waals surface area contributed by atoms with Gasteiger partial charge in [0.2, 0.25) is 5.89 Å². The number of nitrogens with two attached hydrogens (primary N) is 1. The molecule has 0 spiro atoms. The number of fused-ring (bicyclic) bond motifs is 1. The van der Waals surface area contributed by atoms with Crippen LogP contribution < -0.4 is 5.73 Å². The van der Waals surface area contributed by atoms with Gasteiger partial charge in [-0.3, -0.25) is 4.98 Å². The van der Waals surface area contributed by atoms with E-state index in [1.165, 1.54) is 12.3 Å². The normalized spacial score (nSPS) is 12.0. The quantitative estimate of drug-likeness (QED) is 0.741. The SMILES string of the molecule is Cc1nccc(-c2nc3cc(C(F)(F)F)ccc3o2)c1N. The zero-order valence-corrected chi connectivity index (χ0v) is 10.9. The molecule has 7 heteroatoms. The number of rotatable bonds is 1. The summed E-state index contributed by atoms with van der Waals surface area (Å²) in [7, 11) is 0. The number of aryl methyl sites for hydroxylation is 1. The van der Waals surface area contributed by atoms with Crippen molar-refractivity contribution in [2.45, 2.75) is 13.1 Å². The number of hydrogen-bond donors (Lipinski definition) is 1. The van der Waals surface area contributed by atoms with Crippen molar-refractivity contribution in [3.05, 3.63) is 41.7 Å². The number of pyridine rings is 1. The first-order valence-electron chi connectivity index (χ1n) is 6.05. The number of halogens is 3. The molecule has 4 nitrogen and oxygen atoms in total. The Labute approximate surface area is 117 Å². The Morgan fingerprint density at radius 3 is 2.67 bits per heavy atom. The minimum absolute atomic E-state index is 0.133. The lowest BCUT2D eigenvalue weighted by Gasteiger charge is -2.04. The monoisotopic (exact) mass is 293 g/mol. The van der Waals surface area contributed by atoms with Crippen molar-refractivity contribution in [3.8, 4) is 11.5 Å². The maximum atomic E-state index is 12.7. The van der Waals surface area contributed by atoms with Crippen molar-refractivity contribution in [2.24, 2.45) is 0 Å². The molecule has 0 unspecified atom stereocenters. The first-order chi connectivity index (χ1) is 9.86. The summed E-state index contributed by atoms with van der Waals surface area (Å²) < 4.78 is 43.5. The number of nitrogens with zero attached hydrogens (tertiary/aromatic N) is 2. The van der Waals surface area contributed by atoms with Crippen molar-refractivity contribution in [1.82, 2.24) is 9.97 Å². The van der Waals surface area contributed by atoms with Crippen molar-refractivity contribution in [1.29, 1.82) is 0 Å². The zero-order valence-electron chi connectivity index (χ0n) is 10.9. The van der Waals surface area contributed by atoms with Gasteiger partial charge in [0.15, 0.2) is 5.58 Å². The number of benzene rings is 1. The molecule has 0 aliphatic carbocycles. The molecule has 1 aromatic carbocycles. The molecule has 0 fully saturated rings. The number of anilines is 1. The van der Waals surface area contributed by atoms with Crippen LogP contribution in [0.5, 0.6) is 0 Å². The molecule has 0 amide bonds. The fourth-order valence-electron chi connectivity index (χ4n) is 1.98. The standard InChI is InChI=1S/C14H10F3N3O/c1-7-12(18)9(4-5-19-7)13-20-10-6-8(14(15,16)17)2-3-11(10)21-13/h2-6H,18H2,1H3. The van der Waals surface area contributed by atoms with Crippen molar-refractivity contribution in [3.63, 3.8) is 0 Å². The Balaban J connectivity index is 2.15. The van der Waals surface area contributed by atoms with E-state index in [0.717, 1.165) is 12.1 Å². The van der Waals surface area contributed by atoms with Crippen molar-refractivity contribution in [2.75, 3.05) is 5.73 Å². The summed E-state index contributed by atoms with van der Waals surface area (Å²) in [5.74, 6) is 0.173. The second-order valence-corrected chi connectivity index (χ2v) is 4.56. The molecule has 0 saturated carbocycles. The molecule has 0 radical (unpaired) electrons. The summed E-state index contributed by atoms with van der Waals surface area (Å²) in [6.07, 6.45) is -2.88. The fourth-order valence-corrected chi connectivity index (χ4v) is 1.98. The predicted octanol–water partition coefficient (Wildman–Crippen LogP) is 3.80. The molecule has 108 valence electrons. The van der Waals surface area contributed by atoms with E-state index >= 15 is 0 Å². The second-order valence-electron chi connectivity index (χ2n) is 4.56. The van der Waals surface area contributed by atoms with Crippen LogP contribution in [0, 0.1) is 6.92 Å². The van der Waals surface area contributed by atoms with Gasteiger partial charge >= 0.3 is 6.18 Å². The molecule has 0 aliphatic rings. The first-order valence-corrected chi connectivity index (χ1v) is 6.05. The van der Waals surface area contributed by atoms with Crippen LogP contribution in [0.25, 0.3) is 22.6 Å². The average molecular weight is 293 g/mol. The van der Waals surface area contributed by atoms with E-state index in [9.17, 15) is 13.2 Å². The molecular formula is C14H10F3N3O. The lowest BCUT2D eigenvalue weighted by atomic mass is 10.2. The molecule has 2 N–H and O–H groups in total. The minimum Gasteiger partial charge on any atom is -0.436 e. The Hall–Kier alpha value is -2.57. The van der Waals surface area contributed by atoms with Gasteiger partial charge in [-0.25, -0.2) is 4.98 Å². The summed E-state index contributed by atoms with van der Waals surface area (Å²) >= 11 is 0. The van der Waals surface area contributed by atoms with E-state index in [4.69, 9.17) is 10.2 Å². The molecule has 3 rings (SSSR count). The first kappa shape index (κ1) is 13.4. The van der Waals surface area contributed by atoms with Crippen LogP contribution in [-0.4, -0.2) is 9.97 Å². The number of aromatic nitrogens is 2. The highest BCUT2D eigenvalue weighted by atomic mass is 19.4. The number of oxazole rings is 1. The van der Waals surface area contributed by atoms with Gasteiger partial charge in [0.05, 0.1) is 22.5 Å². The van der Waals surface area contributed by atoms with E-state index < -0.39 is 11.7 Å². The molecule has 21 heavy (non-hydrogen) atoms. The molecule has 2 aromatic heterocycles. The molecular weight excluding hydrogens is 283 g/mol. The summed E-state index contributed by atoms with van der Waals surface area (Å²) in [5, 5.41) is 0. The smallest absolute Gasteiger partial charge is 0.416 e. The number of nitrogen functional groups attached to an aromatic ring is 1. The summed E-state index contributed by atoms with van der Waals surface area (Å²) in [4.78, 5) is 8.11. The van der Waals surface area contributed by atoms with Crippen LogP contribution in [0.4, 0.5) is 18.9 Å². The third kappa shape index (κ3) is 2.31. The summed E-state index contributed by atoms with van der Waals surface area (Å²) in [6, 6.07) is 4.77. The minimum atomic E-state index is -4.42. The van der Waals surface area contributed by atoms with Crippen LogP contribution >= 0.6 is 0 Å². The van der Waals surface area contributed by atoms with Crippen LogP contribution in [-0.2, 0) is 6.18 Å². The highest BCUT2D eigenvalue weighted by Gasteiger charge is 2.31. The highest BCUT2D eigenvalue weighted by Crippen LogP contribution is 2.34. The molecule has 0 aliphatic heterocycles. The molecule has 0 bridgehead atoms. The van der Waals surface area contributed by atoms with E-state index in [1.807, 2.05) is 0 Å². The molecule has 0 saturated heterocycles. The third-order valence-electron chi connectivity index (χ3n) is 3.13. The van der Waals surface area contributed by atoms with Gasteiger partial charge in [0, 0.05) is 6.20 Å². The lowest BCUT2D eigenvalue weighted by Crippen LogP contribution is -2.03. The van der Waals surface area contributed by atoms with Crippen LogP contribution in [0.3, 0.4) is 0 Å². The molecule has 3 aromatic rings. The van der Waals surface area contributed by atoms with E-state index in [1.54, 1.807) is 13.0 Å². The van der Waals surface area contributed by atoms with Crippen LogP contribution in [0.15, 0.2) is 34.9 Å². The van der Waals surface area contributed by atoms with Crippen molar-refractivity contribution < 1.29 is 17.6 Å². The zero-order chi connectivity index (χ0) is 15.2. The van der Waals surface area contributed by atoms with E-state index in [2.05, 4.69) is 9.97 Å². The molecule has 2 heterocycles. The van der Waals surface area contributed by atoms with Gasteiger partial charge in [-0.1, -0.05) is 0 Å². The Morgan fingerprint density at radius 2 is 1.95 bits per heavy atom. The lowest BCUT2D eigenvalue weighted by molar-refractivity contribution is -0.137. The maximum absolute atomic E-state index is 12.7. The van der Waals surface area contributed by atoms with Crippen LogP contribution in [0.2, 0.25) is 0 Å². The van der Waals surface area contributed by atoms with Gasteiger partial charge < -0.3 is 10.2 Å². The van der Waals surface area contributed by atoms with E-state index in [0.29, 0.717) is 16.9 Å². The molecule has 0 atom stereocenters. The van der Waals surface area contributed by atoms with Gasteiger partial charge in [-0.15, -0.1) is 0 Å². The highest BCUT2D eigenvalue weighted by molar-refractivity contribution is 5.80. The van der Waals surface area contributed by atoms with Gasteiger partial charge in [0.1, 0.15) is 5.52 Å². The Bertz CT molecular complexity index is 824. The number of hydrogen-bond acceptors (Lipinski definition) is 4. The Kier molecular flexibility index (Phi) is 2.86. The Morgan fingerprint density at radius 1 is 1.19 bits per heavy atom.